The van der Waals surface area contributed by atoms with Crippen LogP contribution in [0.4, 0.5) is 5.69 Å². The van der Waals surface area contributed by atoms with E-state index in [1.165, 1.54) is 0 Å². The van der Waals surface area contributed by atoms with Crippen LogP contribution in [-0.4, -0.2) is 25.3 Å². The highest BCUT2D eigenvalue weighted by Crippen LogP contribution is 2.21. The van der Waals surface area contributed by atoms with Crippen LogP contribution in [0.15, 0.2) is 47.6 Å². The standard InChI is InChI=1S/C17H17Cl2N3O2/c1-11(15-8-3-12(18)9-16(15)19)21-22-17(23)10-20-13-4-6-14(24-2)7-5-13/h3-9,20H,10H2,1-2H3,(H,22,23)/b21-11+. The molecule has 7 heteroatoms. The Morgan fingerprint density at radius 2 is 1.88 bits per heavy atom. The molecule has 2 rings (SSSR count). The van der Waals surface area contributed by atoms with Crippen LogP contribution in [0.25, 0.3) is 0 Å². The van der Waals surface area contributed by atoms with Crippen molar-refractivity contribution in [2.75, 3.05) is 19.0 Å². The summed E-state index contributed by atoms with van der Waals surface area (Å²) in [6, 6.07) is 12.4. The molecule has 0 aromatic heterocycles. The number of amides is 1. The van der Waals surface area contributed by atoms with Crippen molar-refractivity contribution in [3.05, 3.63) is 58.1 Å². The number of nitrogens with one attached hydrogen (secondary N) is 2. The summed E-state index contributed by atoms with van der Waals surface area (Å²) in [7, 11) is 1.60. The Morgan fingerprint density at radius 1 is 1.17 bits per heavy atom. The van der Waals surface area contributed by atoms with Crippen molar-refractivity contribution in [1.29, 1.82) is 0 Å². The van der Waals surface area contributed by atoms with Crippen LogP contribution in [0.5, 0.6) is 5.75 Å². The average molecular weight is 366 g/mol. The van der Waals surface area contributed by atoms with E-state index >= 15 is 0 Å². The molecule has 24 heavy (non-hydrogen) atoms. The normalized spacial score (nSPS) is 11.1. The molecule has 0 saturated carbocycles. The van der Waals surface area contributed by atoms with Crippen LogP contribution in [0.1, 0.15) is 12.5 Å². The molecule has 0 atom stereocenters. The van der Waals surface area contributed by atoms with Gasteiger partial charge in [-0.1, -0.05) is 29.3 Å². The second kappa shape index (κ2) is 8.57. The number of anilines is 1. The van der Waals surface area contributed by atoms with Gasteiger partial charge in [0.2, 0.25) is 0 Å². The molecule has 2 aromatic rings. The number of nitrogens with zero attached hydrogens (tertiary/aromatic N) is 1. The van der Waals surface area contributed by atoms with Crippen LogP contribution >= 0.6 is 23.2 Å². The van der Waals surface area contributed by atoms with E-state index in [2.05, 4.69) is 15.8 Å². The number of hydrogen-bond donors (Lipinski definition) is 2. The third-order valence-corrected chi connectivity index (χ3v) is 3.76. The van der Waals surface area contributed by atoms with Gasteiger partial charge >= 0.3 is 0 Å². The van der Waals surface area contributed by atoms with Crippen molar-refractivity contribution in [3.63, 3.8) is 0 Å². The first-order chi connectivity index (χ1) is 11.5. The van der Waals surface area contributed by atoms with Gasteiger partial charge in [-0.3, -0.25) is 4.79 Å². The largest absolute Gasteiger partial charge is 0.497 e. The summed E-state index contributed by atoms with van der Waals surface area (Å²) < 4.78 is 5.07. The zero-order chi connectivity index (χ0) is 17.5. The van der Waals surface area contributed by atoms with E-state index in [0.717, 1.165) is 11.4 Å². The van der Waals surface area contributed by atoms with E-state index in [9.17, 15) is 4.79 Å². The van der Waals surface area contributed by atoms with Gasteiger partial charge in [0.15, 0.2) is 0 Å². The molecule has 0 spiro atoms. The monoisotopic (exact) mass is 365 g/mol. The van der Waals surface area contributed by atoms with Gasteiger partial charge in [-0.15, -0.1) is 0 Å². The molecular weight excluding hydrogens is 349 g/mol. The van der Waals surface area contributed by atoms with Crippen LogP contribution in [0.3, 0.4) is 0 Å². The van der Waals surface area contributed by atoms with Gasteiger partial charge in [0.1, 0.15) is 5.75 Å². The summed E-state index contributed by atoms with van der Waals surface area (Å²) in [5.74, 6) is 0.486. The number of carbonyl (C=O) groups is 1. The number of rotatable bonds is 6. The van der Waals surface area contributed by atoms with Gasteiger partial charge < -0.3 is 10.1 Å². The van der Waals surface area contributed by atoms with E-state index in [1.54, 1.807) is 32.2 Å². The van der Waals surface area contributed by atoms with Gasteiger partial charge in [0.05, 0.1) is 24.4 Å². The van der Waals surface area contributed by atoms with Crippen molar-refractivity contribution < 1.29 is 9.53 Å². The molecule has 0 aliphatic heterocycles. The molecule has 0 saturated heterocycles. The number of carbonyl (C=O) groups excluding carboxylic acids is 1. The van der Waals surface area contributed by atoms with Gasteiger partial charge in [0.25, 0.3) is 5.91 Å². The zero-order valence-corrected chi connectivity index (χ0v) is 14.8. The van der Waals surface area contributed by atoms with Crippen LogP contribution < -0.4 is 15.5 Å². The second-order valence-electron chi connectivity index (χ2n) is 4.94. The number of hydrazone groups is 1. The molecule has 0 radical (unpaired) electrons. The second-order valence-corrected chi connectivity index (χ2v) is 5.78. The Hall–Kier alpha value is -2.24. The molecule has 1 amide bonds. The quantitative estimate of drug-likeness (QED) is 0.601. The molecule has 5 nitrogen and oxygen atoms in total. The van der Waals surface area contributed by atoms with Gasteiger partial charge in [0, 0.05) is 16.3 Å². The predicted molar refractivity (Wildman–Crippen MR) is 98.3 cm³/mol. The first-order valence-electron chi connectivity index (χ1n) is 7.16. The van der Waals surface area contributed by atoms with Crippen LogP contribution in [0, 0.1) is 0 Å². The molecule has 0 heterocycles. The first-order valence-corrected chi connectivity index (χ1v) is 7.91. The van der Waals surface area contributed by atoms with Crippen molar-refractivity contribution in [2.24, 2.45) is 5.10 Å². The van der Waals surface area contributed by atoms with E-state index in [1.807, 2.05) is 24.3 Å². The highest BCUT2D eigenvalue weighted by molar-refractivity contribution is 6.37. The molecule has 0 aliphatic carbocycles. The number of hydrogen-bond acceptors (Lipinski definition) is 4. The Kier molecular flexibility index (Phi) is 6.46. The molecule has 0 unspecified atom stereocenters. The highest BCUT2D eigenvalue weighted by Gasteiger charge is 2.06. The SMILES string of the molecule is COc1ccc(NCC(=O)N/N=C(\C)c2ccc(Cl)cc2Cl)cc1. The van der Waals surface area contributed by atoms with E-state index < -0.39 is 0 Å². The van der Waals surface area contributed by atoms with E-state index in [4.69, 9.17) is 27.9 Å². The van der Waals surface area contributed by atoms with Gasteiger partial charge in [-0.05, 0) is 43.3 Å². The number of halogens is 2. The fraction of sp³-hybridized carbons (Fsp3) is 0.176. The Balaban J connectivity index is 1.89. The summed E-state index contributed by atoms with van der Waals surface area (Å²) in [6.45, 7) is 1.85. The fourth-order valence-corrected chi connectivity index (χ4v) is 2.47. The summed E-state index contributed by atoms with van der Waals surface area (Å²) in [5.41, 5.74) is 4.60. The van der Waals surface area contributed by atoms with Crippen LogP contribution in [0.2, 0.25) is 10.0 Å². The minimum Gasteiger partial charge on any atom is -0.497 e. The number of ether oxygens (including phenoxy) is 1. The Labute approximate surface area is 150 Å². The summed E-state index contributed by atoms with van der Waals surface area (Å²) in [6.07, 6.45) is 0. The van der Waals surface area contributed by atoms with Crippen molar-refractivity contribution >= 4 is 40.5 Å². The number of benzene rings is 2. The maximum absolute atomic E-state index is 11.9. The lowest BCUT2D eigenvalue weighted by Crippen LogP contribution is -2.26. The molecule has 0 bridgehead atoms. The average Bonchev–Trinajstić information content (AvgIpc) is 2.58. The zero-order valence-electron chi connectivity index (χ0n) is 13.3. The lowest BCUT2D eigenvalue weighted by molar-refractivity contribution is -0.119. The summed E-state index contributed by atoms with van der Waals surface area (Å²) in [4.78, 5) is 11.9. The number of methoxy groups -OCH3 is 1. The van der Waals surface area contributed by atoms with Crippen molar-refractivity contribution in [1.82, 2.24) is 5.43 Å². The minimum absolute atomic E-state index is 0.0947. The Morgan fingerprint density at radius 3 is 2.50 bits per heavy atom. The smallest absolute Gasteiger partial charge is 0.259 e. The lowest BCUT2D eigenvalue weighted by Gasteiger charge is -2.07. The maximum atomic E-state index is 11.9. The van der Waals surface area contributed by atoms with E-state index in [0.29, 0.717) is 21.3 Å². The molecular formula is C17H17Cl2N3O2. The minimum atomic E-state index is -0.268. The molecule has 0 fully saturated rings. The van der Waals surface area contributed by atoms with Gasteiger partial charge in [-0.25, -0.2) is 5.43 Å². The van der Waals surface area contributed by atoms with E-state index in [-0.39, 0.29) is 12.5 Å². The molecule has 0 aliphatic rings. The van der Waals surface area contributed by atoms with Gasteiger partial charge in [-0.2, -0.15) is 5.10 Å². The van der Waals surface area contributed by atoms with Crippen molar-refractivity contribution in [2.45, 2.75) is 6.92 Å². The molecule has 2 N–H and O–H groups in total. The van der Waals surface area contributed by atoms with Crippen LogP contribution in [-0.2, 0) is 4.79 Å². The van der Waals surface area contributed by atoms with Crippen molar-refractivity contribution in [3.8, 4) is 5.75 Å². The summed E-state index contributed by atoms with van der Waals surface area (Å²) >= 11 is 12.0. The fourth-order valence-electron chi connectivity index (χ4n) is 1.92. The predicted octanol–water partition coefficient (Wildman–Crippen LogP) is 3.95. The summed E-state index contributed by atoms with van der Waals surface area (Å²) in [5, 5.41) is 8.08. The first kappa shape index (κ1) is 18.1. The Bertz CT molecular complexity index is 746. The molecule has 126 valence electrons. The third-order valence-electron chi connectivity index (χ3n) is 3.21. The molecule has 2 aromatic carbocycles. The maximum Gasteiger partial charge on any atom is 0.259 e. The topological polar surface area (TPSA) is 62.7 Å². The highest BCUT2D eigenvalue weighted by atomic mass is 35.5. The lowest BCUT2D eigenvalue weighted by atomic mass is 10.1. The third kappa shape index (κ3) is 5.15.